The highest BCUT2D eigenvalue weighted by molar-refractivity contribution is 5.98. The van der Waals surface area contributed by atoms with E-state index >= 15 is 0 Å². The maximum atomic E-state index is 11.8. The lowest BCUT2D eigenvalue weighted by Gasteiger charge is -2.13. The number of nitrogens with one attached hydrogen (secondary N) is 1. The van der Waals surface area contributed by atoms with Crippen molar-refractivity contribution in [2.75, 3.05) is 19.9 Å². The molecule has 0 bridgehead atoms. The summed E-state index contributed by atoms with van der Waals surface area (Å²) in [5, 5.41) is 2.39. The number of carbonyl (C=O) groups is 2. The number of benzene rings is 1. The van der Waals surface area contributed by atoms with E-state index in [0.29, 0.717) is 5.75 Å². The van der Waals surface area contributed by atoms with Crippen LogP contribution in [0, 0.1) is 0 Å². The molecule has 1 aromatic rings. The molecule has 0 radical (unpaired) electrons. The molecule has 0 spiro atoms. The van der Waals surface area contributed by atoms with Crippen LogP contribution in [-0.4, -0.2) is 32.1 Å². The molecular formula is C12H16N2O4. The monoisotopic (exact) mass is 252 g/mol. The van der Waals surface area contributed by atoms with Crippen molar-refractivity contribution in [1.29, 1.82) is 0 Å². The second-order valence-electron chi connectivity index (χ2n) is 3.58. The first kappa shape index (κ1) is 13.8. The van der Waals surface area contributed by atoms with Crippen LogP contribution in [0.4, 0.5) is 5.69 Å². The van der Waals surface area contributed by atoms with E-state index in [0.717, 1.165) is 0 Å². The summed E-state index contributed by atoms with van der Waals surface area (Å²) in [6.45, 7) is 1.48. The molecule has 98 valence electrons. The minimum absolute atomic E-state index is 0.171. The number of carbonyl (C=O) groups excluding carboxylic acids is 2. The van der Waals surface area contributed by atoms with Gasteiger partial charge in [0.1, 0.15) is 5.75 Å². The Balaban J connectivity index is 2.88. The molecule has 6 heteroatoms. The van der Waals surface area contributed by atoms with Gasteiger partial charge in [-0.3, -0.25) is 4.79 Å². The zero-order valence-corrected chi connectivity index (χ0v) is 10.5. The topological polar surface area (TPSA) is 90.6 Å². The summed E-state index contributed by atoms with van der Waals surface area (Å²) in [6, 6.07) is 4.77. The van der Waals surface area contributed by atoms with Crippen LogP contribution in [0.25, 0.3) is 0 Å². The minimum Gasteiger partial charge on any atom is -0.495 e. The van der Waals surface area contributed by atoms with Gasteiger partial charge in [-0.05, 0) is 19.1 Å². The molecule has 3 N–H and O–H groups in total. The van der Waals surface area contributed by atoms with E-state index in [1.54, 1.807) is 12.1 Å². The van der Waals surface area contributed by atoms with Gasteiger partial charge in [0.2, 0.25) is 0 Å². The van der Waals surface area contributed by atoms with E-state index in [9.17, 15) is 9.59 Å². The molecule has 1 amide bonds. The summed E-state index contributed by atoms with van der Waals surface area (Å²) < 4.78 is 9.98. The summed E-state index contributed by atoms with van der Waals surface area (Å²) in [5.74, 6) is -0.663. The number of hydrogen-bond donors (Lipinski definition) is 2. The predicted molar refractivity (Wildman–Crippen MR) is 66.4 cm³/mol. The van der Waals surface area contributed by atoms with Crippen molar-refractivity contribution in [3.05, 3.63) is 23.8 Å². The van der Waals surface area contributed by atoms with Crippen LogP contribution in [0.2, 0.25) is 0 Å². The Bertz CT molecular complexity index is 459. The molecule has 6 nitrogen and oxygen atoms in total. The van der Waals surface area contributed by atoms with Gasteiger partial charge in [0.15, 0.2) is 6.10 Å². The number of esters is 1. The number of likely N-dealkylation sites (N-methyl/N-ethyl adjacent to an activating group) is 1. The number of nitrogens with two attached hydrogens (primary N) is 1. The maximum Gasteiger partial charge on any atom is 0.341 e. The van der Waals surface area contributed by atoms with E-state index in [-0.39, 0.29) is 17.2 Å². The first-order valence-electron chi connectivity index (χ1n) is 5.36. The number of rotatable bonds is 4. The molecule has 0 heterocycles. The van der Waals surface area contributed by atoms with E-state index in [4.69, 9.17) is 15.2 Å². The van der Waals surface area contributed by atoms with Gasteiger partial charge in [0, 0.05) is 7.05 Å². The molecule has 18 heavy (non-hydrogen) atoms. The summed E-state index contributed by atoms with van der Waals surface area (Å²) in [7, 11) is 2.92. The number of para-hydroxylation sites is 1. The molecule has 0 aliphatic carbocycles. The van der Waals surface area contributed by atoms with Crippen molar-refractivity contribution in [2.45, 2.75) is 13.0 Å². The van der Waals surface area contributed by atoms with Crippen molar-refractivity contribution in [1.82, 2.24) is 5.32 Å². The highest BCUT2D eigenvalue weighted by Gasteiger charge is 2.20. The van der Waals surface area contributed by atoms with Gasteiger partial charge in [-0.1, -0.05) is 6.07 Å². The quantitative estimate of drug-likeness (QED) is 0.604. The molecule has 1 atom stereocenters. The fraction of sp³-hybridized carbons (Fsp3) is 0.333. The lowest BCUT2D eigenvalue weighted by Crippen LogP contribution is -2.33. The van der Waals surface area contributed by atoms with Crippen LogP contribution in [0.3, 0.4) is 0 Å². The molecule has 0 aromatic heterocycles. The standard InChI is InChI=1S/C12H16N2O4/c1-7(11(15)14-2)18-12(16)8-5-4-6-9(17-3)10(8)13/h4-7H,13H2,1-3H3,(H,14,15). The third-order valence-electron chi connectivity index (χ3n) is 2.41. The van der Waals surface area contributed by atoms with Crippen molar-refractivity contribution in [3.8, 4) is 5.75 Å². The zero-order valence-electron chi connectivity index (χ0n) is 10.5. The first-order chi connectivity index (χ1) is 8.51. The number of methoxy groups -OCH3 is 1. The summed E-state index contributed by atoms with van der Waals surface area (Å²) in [5.41, 5.74) is 6.11. The van der Waals surface area contributed by atoms with Crippen molar-refractivity contribution in [3.63, 3.8) is 0 Å². The van der Waals surface area contributed by atoms with Gasteiger partial charge in [0.05, 0.1) is 18.4 Å². The molecule has 0 saturated heterocycles. The predicted octanol–water partition coefficient (Wildman–Crippen LogP) is 0.569. The van der Waals surface area contributed by atoms with Crippen molar-refractivity contribution < 1.29 is 19.1 Å². The molecule has 0 aliphatic heterocycles. The summed E-state index contributed by atoms with van der Waals surface area (Å²) in [6.07, 6.45) is -0.881. The highest BCUT2D eigenvalue weighted by Crippen LogP contribution is 2.25. The minimum atomic E-state index is -0.881. The summed E-state index contributed by atoms with van der Waals surface area (Å²) in [4.78, 5) is 23.1. The maximum absolute atomic E-state index is 11.8. The molecule has 1 unspecified atom stereocenters. The first-order valence-corrected chi connectivity index (χ1v) is 5.36. The van der Waals surface area contributed by atoms with E-state index in [2.05, 4.69) is 5.32 Å². The van der Waals surface area contributed by atoms with Crippen LogP contribution >= 0.6 is 0 Å². The average molecular weight is 252 g/mol. The SMILES string of the molecule is CNC(=O)C(C)OC(=O)c1cccc(OC)c1N. The largest absolute Gasteiger partial charge is 0.495 e. The zero-order chi connectivity index (χ0) is 13.7. The van der Waals surface area contributed by atoms with Gasteiger partial charge >= 0.3 is 5.97 Å². The van der Waals surface area contributed by atoms with E-state index in [1.165, 1.54) is 27.1 Å². The van der Waals surface area contributed by atoms with Crippen molar-refractivity contribution >= 4 is 17.6 Å². The molecule has 0 saturated carbocycles. The molecule has 1 rings (SSSR count). The lowest BCUT2D eigenvalue weighted by atomic mass is 10.1. The van der Waals surface area contributed by atoms with Gasteiger partial charge < -0.3 is 20.5 Å². The Morgan fingerprint density at radius 3 is 2.61 bits per heavy atom. The second-order valence-corrected chi connectivity index (χ2v) is 3.58. The summed E-state index contributed by atoms with van der Waals surface area (Å²) >= 11 is 0. The van der Waals surface area contributed by atoms with Gasteiger partial charge in [-0.25, -0.2) is 4.79 Å². The van der Waals surface area contributed by atoms with Crippen LogP contribution in [0.5, 0.6) is 5.75 Å². The lowest BCUT2D eigenvalue weighted by molar-refractivity contribution is -0.128. The number of hydrogen-bond acceptors (Lipinski definition) is 5. The number of ether oxygens (including phenoxy) is 2. The fourth-order valence-corrected chi connectivity index (χ4v) is 1.38. The third-order valence-corrected chi connectivity index (χ3v) is 2.41. The fourth-order valence-electron chi connectivity index (χ4n) is 1.38. The Hall–Kier alpha value is -2.24. The molecular weight excluding hydrogens is 236 g/mol. The van der Waals surface area contributed by atoms with Crippen LogP contribution in [-0.2, 0) is 9.53 Å². The van der Waals surface area contributed by atoms with Gasteiger partial charge in [-0.2, -0.15) is 0 Å². The second kappa shape index (κ2) is 5.90. The Morgan fingerprint density at radius 2 is 2.06 bits per heavy atom. The normalized spacial score (nSPS) is 11.5. The van der Waals surface area contributed by atoms with Crippen LogP contribution in [0.15, 0.2) is 18.2 Å². The number of anilines is 1. The Morgan fingerprint density at radius 1 is 1.39 bits per heavy atom. The van der Waals surface area contributed by atoms with Gasteiger partial charge in [0.25, 0.3) is 5.91 Å². The molecule has 0 aliphatic rings. The van der Waals surface area contributed by atoms with Crippen molar-refractivity contribution in [2.24, 2.45) is 0 Å². The van der Waals surface area contributed by atoms with Crippen LogP contribution < -0.4 is 15.8 Å². The van der Waals surface area contributed by atoms with E-state index in [1.807, 2.05) is 0 Å². The average Bonchev–Trinajstić information content (AvgIpc) is 2.37. The molecule has 0 fully saturated rings. The number of nitrogen functional groups attached to an aromatic ring is 1. The highest BCUT2D eigenvalue weighted by atomic mass is 16.5. The molecule has 1 aromatic carbocycles. The van der Waals surface area contributed by atoms with Crippen LogP contribution in [0.1, 0.15) is 17.3 Å². The van der Waals surface area contributed by atoms with Gasteiger partial charge in [-0.15, -0.1) is 0 Å². The third kappa shape index (κ3) is 2.91. The number of amides is 1. The van der Waals surface area contributed by atoms with E-state index < -0.39 is 12.1 Å². The Labute approximate surface area is 105 Å². The smallest absolute Gasteiger partial charge is 0.341 e. The Kier molecular flexibility index (Phi) is 4.53.